The molecule has 27 heteroatoms. The second-order valence-electron chi connectivity index (χ2n) is 19.0. The summed E-state index contributed by atoms with van der Waals surface area (Å²) in [6.45, 7) is 6.51. The van der Waals surface area contributed by atoms with Crippen molar-refractivity contribution >= 4 is 66.4 Å². The Labute approximate surface area is 551 Å². The second-order valence-corrected chi connectivity index (χ2v) is 19.8. The molecular formula is C60H68BrN11Na2O13. The van der Waals surface area contributed by atoms with Crippen molar-refractivity contribution in [3.63, 3.8) is 0 Å². The third-order valence-electron chi connectivity index (χ3n) is 12.9. The predicted molar refractivity (Wildman–Crippen MR) is 327 cm³/mol. The van der Waals surface area contributed by atoms with Crippen molar-refractivity contribution in [3.8, 4) is 0 Å². The summed E-state index contributed by atoms with van der Waals surface area (Å²) >= 11 is 3.38. The van der Waals surface area contributed by atoms with Gasteiger partial charge in [0.15, 0.2) is 0 Å². The topological polar surface area (TPSA) is 340 Å². The number of anilines is 1. The molecule has 0 atom stereocenters. The van der Waals surface area contributed by atoms with Crippen LogP contribution in [0.2, 0.25) is 0 Å². The number of aromatic amines is 1. The average molecular weight is 1280 g/mol. The molecule has 0 spiro atoms. The monoisotopic (exact) mass is 1280 g/mol. The summed E-state index contributed by atoms with van der Waals surface area (Å²) in [6, 6.07) is 33.9. The van der Waals surface area contributed by atoms with Gasteiger partial charge in [0, 0.05) is 89.8 Å². The number of hydrogen-bond acceptors (Lipinski definition) is 16. The van der Waals surface area contributed by atoms with Crippen LogP contribution >= 0.6 is 15.9 Å². The largest absolute Gasteiger partial charge is 1.00 e. The molecule has 4 aromatic carbocycles. The molecule has 0 unspecified atom stereocenters. The number of nitrogens with one attached hydrogen (secondary N) is 2. The SMILES string of the molecule is CNc1ccccc1C(=O)O.Cc1cc(CCCCBr)on1.Cc1cc(CCCCn2c(=O)c3ccccc3n(C)c2=O)on1.Cc1cc(CCCCn2c(=O)c3ccccc3n(C)c2=O)on1.Cn1c(=O)[nH]c(=O)c2ccccc21.[N-]=C=O.[Na+].[Na+].[OH-]. The second kappa shape index (κ2) is 38.6. The van der Waals surface area contributed by atoms with Gasteiger partial charge >= 0.3 is 82.2 Å². The molecule has 0 bridgehead atoms. The number of alkyl halides is 1. The third-order valence-corrected chi connectivity index (χ3v) is 13.5. The Morgan fingerprint density at radius 3 is 1.30 bits per heavy atom. The number of H-pyrrole nitrogens is 1. The van der Waals surface area contributed by atoms with Gasteiger partial charge in [0.1, 0.15) is 17.3 Å². The van der Waals surface area contributed by atoms with E-state index in [1.165, 1.54) is 35.7 Å². The van der Waals surface area contributed by atoms with E-state index in [1.807, 2.05) is 63.2 Å². The molecule has 6 heterocycles. The number of carbonyl (C=O) groups excluding carboxylic acids is 1. The molecule has 0 amide bonds. The maximum atomic E-state index is 12.5. The van der Waals surface area contributed by atoms with E-state index in [1.54, 1.807) is 101 Å². The van der Waals surface area contributed by atoms with E-state index in [2.05, 4.69) is 41.7 Å². The first-order chi connectivity index (χ1) is 40.3. The number of hydrogen-bond donors (Lipinski definition) is 3. The minimum Gasteiger partial charge on any atom is -0.870 e. The summed E-state index contributed by atoms with van der Waals surface area (Å²) < 4.78 is 22.4. The number of rotatable bonds is 16. The minimum absolute atomic E-state index is 0. The first-order valence-electron chi connectivity index (χ1n) is 26.7. The van der Waals surface area contributed by atoms with E-state index in [0.717, 1.165) is 84.6 Å². The number of carboxylic acids is 1. The summed E-state index contributed by atoms with van der Waals surface area (Å²) in [4.78, 5) is 93.2. The van der Waals surface area contributed by atoms with Crippen LogP contribution in [0, 0.1) is 20.8 Å². The van der Waals surface area contributed by atoms with Crippen molar-refractivity contribution in [2.45, 2.75) is 91.6 Å². The van der Waals surface area contributed by atoms with Crippen LogP contribution in [0.1, 0.15) is 83.2 Å². The van der Waals surface area contributed by atoms with Gasteiger partial charge in [0.05, 0.1) is 55.4 Å². The van der Waals surface area contributed by atoms with Gasteiger partial charge in [0.25, 0.3) is 16.7 Å². The van der Waals surface area contributed by atoms with Crippen LogP contribution in [-0.4, -0.2) is 78.3 Å². The summed E-state index contributed by atoms with van der Waals surface area (Å²) in [5.41, 5.74) is 3.89. The maximum Gasteiger partial charge on any atom is 1.00 e. The van der Waals surface area contributed by atoms with E-state index in [0.29, 0.717) is 63.1 Å². The van der Waals surface area contributed by atoms with Crippen molar-refractivity contribution in [1.29, 1.82) is 0 Å². The van der Waals surface area contributed by atoms with Crippen LogP contribution in [0.3, 0.4) is 0 Å². The number of halogens is 1. The van der Waals surface area contributed by atoms with Crippen molar-refractivity contribution in [3.05, 3.63) is 223 Å². The Morgan fingerprint density at radius 2 is 0.943 bits per heavy atom. The molecule has 0 saturated heterocycles. The summed E-state index contributed by atoms with van der Waals surface area (Å²) in [7, 11) is 6.71. The zero-order valence-corrected chi connectivity index (χ0v) is 55.8. The number of benzene rings is 4. The smallest absolute Gasteiger partial charge is 0.870 e. The zero-order valence-electron chi connectivity index (χ0n) is 50.2. The fourth-order valence-electron chi connectivity index (χ4n) is 8.66. The molecule has 10 aromatic rings. The number of unbranched alkanes of at least 4 members (excludes halogenated alkanes) is 3. The summed E-state index contributed by atoms with van der Waals surface area (Å²) in [5.74, 6) is 1.76. The number of fused-ring (bicyclic) bond motifs is 3. The van der Waals surface area contributed by atoms with E-state index >= 15 is 0 Å². The molecule has 0 saturated carbocycles. The number of aryl methyl sites for hydroxylation is 9. The number of aromatic carboxylic acids is 1. The first kappa shape index (κ1) is 75.5. The Balaban J connectivity index is 0.000000377. The average Bonchev–Trinajstić information content (AvgIpc) is 4.44. The fraction of sp³-hybridized carbons (Fsp3) is 0.317. The van der Waals surface area contributed by atoms with Gasteiger partial charge in [-0.1, -0.05) is 79.9 Å². The van der Waals surface area contributed by atoms with Crippen LogP contribution < -0.4 is 98.2 Å². The predicted octanol–water partition coefficient (Wildman–Crippen LogP) is 2.12. The number of carboxylic acid groups (broad SMARTS) is 1. The molecular weight excluding hydrogens is 1210 g/mol. The number of nitrogens with zero attached hydrogens (tertiary/aromatic N) is 9. The van der Waals surface area contributed by atoms with E-state index in [-0.39, 0.29) is 98.3 Å². The van der Waals surface area contributed by atoms with Crippen LogP contribution in [0.5, 0.6) is 0 Å². The molecule has 0 aliphatic heterocycles. The van der Waals surface area contributed by atoms with Crippen LogP contribution in [0.4, 0.5) is 5.69 Å². The van der Waals surface area contributed by atoms with Gasteiger partial charge in [-0.2, -0.15) is 0 Å². The third kappa shape index (κ3) is 22.0. The number of para-hydroxylation sites is 4. The Morgan fingerprint density at radius 1 is 0.586 bits per heavy atom. The van der Waals surface area contributed by atoms with E-state index < -0.39 is 5.97 Å². The minimum atomic E-state index is -0.907. The van der Waals surface area contributed by atoms with Crippen molar-refractivity contribution in [2.75, 3.05) is 17.7 Å². The molecule has 10 rings (SSSR count). The van der Waals surface area contributed by atoms with Gasteiger partial charge < -0.3 is 34.9 Å². The van der Waals surface area contributed by atoms with Crippen LogP contribution in [0.15, 0.2) is 158 Å². The van der Waals surface area contributed by atoms with Gasteiger partial charge in [0.2, 0.25) is 0 Å². The quantitative estimate of drug-likeness (QED) is 0.0410. The molecule has 450 valence electrons. The van der Waals surface area contributed by atoms with Crippen molar-refractivity contribution in [2.24, 2.45) is 21.1 Å². The Bertz CT molecular complexity index is 4050. The number of aromatic nitrogens is 9. The molecule has 4 N–H and O–H groups in total. The Kier molecular flexibility index (Phi) is 33.5. The Hall–Kier alpha value is -7.58. The molecule has 0 aliphatic rings. The summed E-state index contributed by atoms with van der Waals surface area (Å²) in [6.07, 6.45) is 8.49. The van der Waals surface area contributed by atoms with Crippen LogP contribution in [-0.2, 0) is 58.3 Å². The zero-order chi connectivity index (χ0) is 61.3. The normalized spacial score (nSPS) is 10.1. The summed E-state index contributed by atoms with van der Waals surface area (Å²) in [5, 5.41) is 32.5. The molecule has 6 aromatic heterocycles. The van der Waals surface area contributed by atoms with Crippen molar-refractivity contribution in [1.82, 2.24) is 43.3 Å². The molecule has 0 radical (unpaired) electrons. The van der Waals surface area contributed by atoms with Gasteiger partial charge in [-0.05, 0) is 114 Å². The van der Waals surface area contributed by atoms with E-state index in [4.69, 9.17) is 28.9 Å². The molecule has 87 heavy (non-hydrogen) atoms. The number of isocyanates is 1. The van der Waals surface area contributed by atoms with Gasteiger partial charge in [-0.15, -0.1) is 0 Å². The molecule has 24 nitrogen and oxygen atoms in total. The maximum absolute atomic E-state index is 12.5. The van der Waals surface area contributed by atoms with Gasteiger partial charge in [-0.25, -0.2) is 19.2 Å². The number of carbonyl (C=O) groups is 1. The molecule has 0 aliphatic carbocycles. The fourth-order valence-corrected chi connectivity index (χ4v) is 9.06. The van der Waals surface area contributed by atoms with E-state index in [9.17, 15) is 33.6 Å². The molecule has 0 fully saturated rings. The van der Waals surface area contributed by atoms with Crippen molar-refractivity contribution < 1.29 is 92.9 Å². The standard InChI is InChI=1S/2C17H19N3O3.C9H8N2O2.C8H12BrNO.C8H9NO2.CNO.2Na.H2O/c2*1-12-11-13(23-18-12)7-5-6-10-20-16(21)14-8-3-4-9-15(14)19(2)17(20)22;1-11-7-5-3-2-4-6(7)8(12)10-9(11)13;1-7-6-8(11-10-7)4-2-3-5-9;1-9-7-5-3-2-4-6(7)8(10)11;2-1-3;;;/h2*3-4,8-9,11H,5-7,10H2,1-2H3;2-5H,1H3,(H,10,12,13);6H,2-5H2,1H3;2-5,9H,1H3,(H,10,11);;;;1H2/q;;;;;-1;2*+1;/p-1. The first-order valence-corrected chi connectivity index (χ1v) is 27.9. The van der Waals surface area contributed by atoms with Crippen LogP contribution in [0.25, 0.3) is 38.1 Å². The van der Waals surface area contributed by atoms with Gasteiger partial charge in [-0.3, -0.25) is 47.0 Å².